The predicted molar refractivity (Wildman–Crippen MR) is 98.7 cm³/mol. The van der Waals surface area contributed by atoms with E-state index in [2.05, 4.69) is 80.0 Å². The van der Waals surface area contributed by atoms with Gasteiger partial charge < -0.3 is 5.32 Å². The topological polar surface area (TPSA) is 12.0 Å². The monoisotopic (exact) mass is 311 g/mol. The van der Waals surface area contributed by atoms with Crippen molar-refractivity contribution >= 4 is 18.5 Å². The van der Waals surface area contributed by atoms with E-state index in [1.54, 1.807) is 0 Å². The van der Waals surface area contributed by atoms with Crippen molar-refractivity contribution < 1.29 is 0 Å². The third-order valence-corrected chi connectivity index (χ3v) is 8.04. The van der Waals surface area contributed by atoms with Gasteiger partial charge in [-0.15, -0.1) is 0 Å². The number of benzene rings is 2. The van der Waals surface area contributed by atoms with Crippen LogP contribution < -0.4 is 15.9 Å². The van der Waals surface area contributed by atoms with Gasteiger partial charge in [-0.25, -0.2) is 0 Å². The van der Waals surface area contributed by atoms with E-state index in [1.165, 1.54) is 29.9 Å². The maximum absolute atomic E-state index is 3.51. The third kappa shape index (κ3) is 3.26. The van der Waals surface area contributed by atoms with Gasteiger partial charge in [-0.05, 0) is 56.9 Å². The van der Waals surface area contributed by atoms with Gasteiger partial charge >= 0.3 is 0 Å². The lowest BCUT2D eigenvalue weighted by atomic mass is 10.00. The van der Waals surface area contributed by atoms with Crippen molar-refractivity contribution in [1.29, 1.82) is 0 Å². The first-order valence-electron chi connectivity index (χ1n) is 8.38. The van der Waals surface area contributed by atoms with Crippen molar-refractivity contribution in [1.82, 2.24) is 5.32 Å². The minimum atomic E-state index is -0.269. The van der Waals surface area contributed by atoms with Gasteiger partial charge in [0.1, 0.15) is 0 Å². The Balaban J connectivity index is 1.99. The molecule has 2 aromatic rings. The molecule has 1 aliphatic carbocycles. The number of rotatable bonds is 5. The molecular formula is C20H26NP. The predicted octanol–water partition coefficient (Wildman–Crippen LogP) is 3.90. The highest BCUT2D eigenvalue weighted by molar-refractivity contribution is 7.73. The lowest BCUT2D eigenvalue weighted by molar-refractivity contribution is 0.410. The molecule has 0 aromatic heterocycles. The van der Waals surface area contributed by atoms with E-state index in [0.717, 1.165) is 11.6 Å². The van der Waals surface area contributed by atoms with E-state index in [1.807, 2.05) is 0 Å². The van der Waals surface area contributed by atoms with Gasteiger partial charge in [0.2, 0.25) is 0 Å². The van der Waals surface area contributed by atoms with Crippen LogP contribution in [0.4, 0.5) is 0 Å². The lowest BCUT2D eigenvalue weighted by Crippen LogP contribution is -2.36. The molecule has 0 saturated heterocycles. The molecule has 0 heterocycles. The van der Waals surface area contributed by atoms with Crippen molar-refractivity contribution in [2.24, 2.45) is 5.92 Å². The smallest absolute Gasteiger partial charge is 0.00702 e. The Hall–Kier alpha value is -1.17. The van der Waals surface area contributed by atoms with Crippen molar-refractivity contribution in [3.63, 3.8) is 0 Å². The second-order valence-electron chi connectivity index (χ2n) is 6.28. The van der Waals surface area contributed by atoms with Crippen LogP contribution in [0.3, 0.4) is 0 Å². The van der Waals surface area contributed by atoms with Gasteiger partial charge in [-0.2, -0.15) is 0 Å². The van der Waals surface area contributed by atoms with Crippen LogP contribution in [0, 0.1) is 5.92 Å². The molecule has 1 N–H and O–H groups in total. The number of nitrogens with one attached hydrogen (secondary N) is 1. The van der Waals surface area contributed by atoms with Gasteiger partial charge in [0.25, 0.3) is 0 Å². The Morgan fingerprint density at radius 1 is 0.909 bits per heavy atom. The first-order chi connectivity index (χ1) is 10.8. The van der Waals surface area contributed by atoms with E-state index < -0.39 is 0 Å². The molecule has 1 aliphatic rings. The highest BCUT2D eigenvalue weighted by Crippen LogP contribution is 2.50. The van der Waals surface area contributed by atoms with E-state index >= 15 is 0 Å². The quantitative estimate of drug-likeness (QED) is 0.826. The molecule has 116 valence electrons. The minimum Gasteiger partial charge on any atom is -0.317 e. The van der Waals surface area contributed by atoms with Crippen LogP contribution in [-0.2, 0) is 0 Å². The highest BCUT2D eigenvalue weighted by atomic mass is 31.1. The summed E-state index contributed by atoms with van der Waals surface area (Å²) in [6.45, 7) is 2.35. The van der Waals surface area contributed by atoms with Crippen LogP contribution in [0.5, 0.6) is 0 Å². The average molecular weight is 311 g/mol. The van der Waals surface area contributed by atoms with Gasteiger partial charge in [-0.1, -0.05) is 67.1 Å². The normalized spacial score (nSPS) is 22.9. The Labute approximate surface area is 135 Å². The summed E-state index contributed by atoms with van der Waals surface area (Å²) >= 11 is 0. The van der Waals surface area contributed by atoms with Crippen LogP contribution in [0.15, 0.2) is 60.7 Å². The van der Waals surface area contributed by atoms with Crippen molar-refractivity contribution in [3.05, 3.63) is 60.7 Å². The first kappa shape index (κ1) is 15.7. The van der Waals surface area contributed by atoms with Crippen molar-refractivity contribution in [2.45, 2.75) is 37.9 Å². The van der Waals surface area contributed by atoms with Crippen LogP contribution >= 0.6 is 7.92 Å². The average Bonchev–Trinajstić information content (AvgIpc) is 3.06. The molecule has 3 atom stereocenters. The standard InChI is InChI=1S/C20H26NP/c1-16(21-2)19-14-9-15-20(19)22(17-10-5-3-6-11-17)18-12-7-4-8-13-18/h3-8,10-13,16,19-21H,9,14-15H2,1-2H3/t16-,19?,20?/m0/s1. The molecule has 2 unspecified atom stereocenters. The maximum Gasteiger partial charge on any atom is 0.00702 e. The third-order valence-electron chi connectivity index (χ3n) is 5.03. The maximum atomic E-state index is 3.51. The molecule has 1 fully saturated rings. The fraction of sp³-hybridized carbons (Fsp3) is 0.400. The molecule has 2 heteroatoms. The Morgan fingerprint density at radius 2 is 1.45 bits per heavy atom. The van der Waals surface area contributed by atoms with Crippen molar-refractivity contribution in [2.75, 3.05) is 7.05 Å². The van der Waals surface area contributed by atoms with E-state index in [-0.39, 0.29) is 7.92 Å². The molecule has 22 heavy (non-hydrogen) atoms. The second kappa shape index (κ2) is 7.40. The van der Waals surface area contributed by atoms with Crippen LogP contribution in [0.25, 0.3) is 0 Å². The molecular weight excluding hydrogens is 285 g/mol. The SMILES string of the molecule is CN[C@@H](C)C1CCCC1P(c1ccccc1)c1ccccc1. The lowest BCUT2D eigenvalue weighted by Gasteiger charge is -2.33. The highest BCUT2D eigenvalue weighted by Gasteiger charge is 2.37. The largest absolute Gasteiger partial charge is 0.317 e. The summed E-state index contributed by atoms with van der Waals surface area (Å²) in [5.41, 5.74) is 0.794. The molecule has 0 aliphatic heterocycles. The molecule has 0 bridgehead atoms. The molecule has 1 saturated carbocycles. The second-order valence-corrected chi connectivity index (χ2v) is 8.72. The number of hydrogen-bond donors (Lipinski definition) is 1. The zero-order chi connectivity index (χ0) is 15.4. The van der Waals surface area contributed by atoms with Crippen LogP contribution in [0.2, 0.25) is 0 Å². The van der Waals surface area contributed by atoms with E-state index in [9.17, 15) is 0 Å². The van der Waals surface area contributed by atoms with Crippen molar-refractivity contribution in [3.8, 4) is 0 Å². The summed E-state index contributed by atoms with van der Waals surface area (Å²) < 4.78 is 0. The summed E-state index contributed by atoms with van der Waals surface area (Å²) in [5, 5.41) is 6.57. The summed E-state index contributed by atoms with van der Waals surface area (Å²) in [6.07, 6.45) is 4.11. The fourth-order valence-electron chi connectivity index (χ4n) is 3.80. The van der Waals surface area contributed by atoms with E-state index in [0.29, 0.717) is 6.04 Å². The Morgan fingerprint density at radius 3 is 1.95 bits per heavy atom. The molecule has 3 rings (SSSR count). The summed E-state index contributed by atoms with van der Waals surface area (Å²) in [4.78, 5) is 0. The summed E-state index contributed by atoms with van der Waals surface area (Å²) in [5.74, 6) is 0.788. The fourth-order valence-corrected chi connectivity index (χ4v) is 7.08. The zero-order valence-electron chi connectivity index (χ0n) is 13.6. The summed E-state index contributed by atoms with van der Waals surface area (Å²) in [7, 11) is 1.84. The Kier molecular flexibility index (Phi) is 5.28. The molecule has 0 spiro atoms. The minimum absolute atomic E-state index is 0.269. The zero-order valence-corrected chi connectivity index (χ0v) is 14.5. The number of hydrogen-bond acceptors (Lipinski definition) is 1. The first-order valence-corrected chi connectivity index (χ1v) is 9.79. The van der Waals surface area contributed by atoms with Gasteiger partial charge in [0.05, 0.1) is 0 Å². The van der Waals surface area contributed by atoms with Gasteiger partial charge in [0, 0.05) is 6.04 Å². The van der Waals surface area contributed by atoms with Crippen LogP contribution in [0.1, 0.15) is 26.2 Å². The molecule has 1 nitrogen and oxygen atoms in total. The molecule has 0 radical (unpaired) electrons. The molecule has 0 amide bonds. The van der Waals surface area contributed by atoms with Gasteiger partial charge in [-0.3, -0.25) is 0 Å². The molecule has 2 aromatic carbocycles. The van der Waals surface area contributed by atoms with Gasteiger partial charge in [0.15, 0.2) is 0 Å². The van der Waals surface area contributed by atoms with E-state index in [4.69, 9.17) is 0 Å². The Bertz CT molecular complexity index is 529. The van der Waals surface area contributed by atoms with Crippen LogP contribution in [-0.4, -0.2) is 18.7 Å². The summed E-state index contributed by atoms with van der Waals surface area (Å²) in [6, 6.07) is 23.0.